The molecule has 0 spiro atoms. The van der Waals surface area contributed by atoms with Crippen LogP contribution in [0.15, 0.2) is 48.9 Å². The summed E-state index contributed by atoms with van der Waals surface area (Å²) >= 11 is 0. The van der Waals surface area contributed by atoms with Crippen LogP contribution in [-0.4, -0.2) is 20.6 Å². The van der Waals surface area contributed by atoms with Gasteiger partial charge >= 0.3 is 0 Å². The van der Waals surface area contributed by atoms with Crippen LogP contribution in [0.4, 0.5) is 0 Å². The summed E-state index contributed by atoms with van der Waals surface area (Å²) in [7, 11) is 0. The smallest absolute Gasteiger partial charge is 0.110 e. The summed E-state index contributed by atoms with van der Waals surface area (Å²) in [6.07, 6.45) is 6.49. The van der Waals surface area contributed by atoms with Crippen molar-refractivity contribution < 1.29 is 0 Å². The average molecular weight is 266 g/mol. The van der Waals surface area contributed by atoms with Gasteiger partial charge in [-0.3, -0.25) is 4.98 Å². The van der Waals surface area contributed by atoms with Crippen LogP contribution in [0, 0.1) is 0 Å². The van der Waals surface area contributed by atoms with Gasteiger partial charge in [-0.15, -0.1) is 0 Å². The predicted octanol–water partition coefficient (Wildman–Crippen LogP) is 2.37. The number of hydrogen-bond donors (Lipinski definition) is 1. The molecule has 20 heavy (non-hydrogen) atoms. The molecule has 0 aliphatic rings. The number of rotatable bonds is 4. The highest BCUT2D eigenvalue weighted by atomic mass is 15.1. The lowest BCUT2D eigenvalue weighted by atomic mass is 10.1. The molecule has 4 heteroatoms. The fraction of sp³-hybridized carbons (Fsp3) is 0.250. The maximum atomic E-state index is 5.87. The molecule has 3 aromatic rings. The second-order valence-corrected chi connectivity index (χ2v) is 5.14. The zero-order valence-corrected chi connectivity index (χ0v) is 11.5. The molecule has 1 atom stereocenters. The molecule has 0 fully saturated rings. The van der Waals surface area contributed by atoms with E-state index in [2.05, 4.69) is 26.7 Å². The first-order valence-electron chi connectivity index (χ1n) is 6.82. The summed E-state index contributed by atoms with van der Waals surface area (Å²) in [6, 6.07) is 10.4. The summed E-state index contributed by atoms with van der Waals surface area (Å²) in [5.74, 6) is 1.03. The number of benzene rings is 1. The van der Waals surface area contributed by atoms with Gasteiger partial charge in [0.15, 0.2) is 0 Å². The van der Waals surface area contributed by atoms with Crippen molar-refractivity contribution in [2.75, 3.05) is 0 Å². The van der Waals surface area contributed by atoms with Gasteiger partial charge in [-0.25, -0.2) is 4.98 Å². The number of nitrogens with two attached hydrogens (primary N) is 1. The summed E-state index contributed by atoms with van der Waals surface area (Å²) in [4.78, 5) is 8.80. The summed E-state index contributed by atoms with van der Waals surface area (Å²) in [5, 5.41) is 1.19. The van der Waals surface area contributed by atoms with E-state index in [1.807, 2.05) is 43.7 Å². The molecule has 0 aliphatic heterocycles. The lowest BCUT2D eigenvalue weighted by Gasteiger charge is -2.11. The van der Waals surface area contributed by atoms with Gasteiger partial charge in [0.1, 0.15) is 5.82 Å². The Labute approximate surface area is 118 Å². The second kappa shape index (κ2) is 5.43. The first kappa shape index (κ1) is 12.8. The predicted molar refractivity (Wildman–Crippen MR) is 80.4 cm³/mol. The molecule has 1 unspecified atom stereocenters. The van der Waals surface area contributed by atoms with E-state index in [-0.39, 0.29) is 6.04 Å². The van der Waals surface area contributed by atoms with Crippen LogP contribution in [0.25, 0.3) is 10.9 Å². The highest BCUT2D eigenvalue weighted by molar-refractivity contribution is 5.81. The molecule has 102 valence electrons. The van der Waals surface area contributed by atoms with Crippen LogP contribution >= 0.6 is 0 Å². The fourth-order valence-electron chi connectivity index (χ4n) is 2.44. The van der Waals surface area contributed by atoms with Gasteiger partial charge in [0.2, 0.25) is 0 Å². The molecule has 0 amide bonds. The van der Waals surface area contributed by atoms with E-state index in [9.17, 15) is 0 Å². The van der Waals surface area contributed by atoms with Gasteiger partial charge in [0.25, 0.3) is 0 Å². The third-order valence-electron chi connectivity index (χ3n) is 3.39. The molecule has 4 nitrogen and oxygen atoms in total. The zero-order valence-electron chi connectivity index (χ0n) is 11.5. The monoisotopic (exact) mass is 266 g/mol. The SMILES string of the molecule is CC(N)Cc1nccn1Cc1ccnc2ccccc12. The first-order chi connectivity index (χ1) is 9.74. The summed E-state index contributed by atoms with van der Waals surface area (Å²) in [6.45, 7) is 2.80. The molecule has 0 aliphatic carbocycles. The van der Waals surface area contributed by atoms with E-state index in [1.54, 1.807) is 0 Å². The van der Waals surface area contributed by atoms with Crippen LogP contribution in [-0.2, 0) is 13.0 Å². The van der Waals surface area contributed by atoms with Gasteiger partial charge < -0.3 is 10.3 Å². The normalized spacial score (nSPS) is 12.7. The molecule has 1 aromatic carbocycles. The minimum Gasteiger partial charge on any atom is -0.330 e. The Bertz CT molecular complexity index is 710. The van der Waals surface area contributed by atoms with E-state index in [0.29, 0.717) is 0 Å². The molecule has 0 saturated heterocycles. The van der Waals surface area contributed by atoms with E-state index >= 15 is 0 Å². The number of nitrogens with zero attached hydrogens (tertiary/aromatic N) is 3. The summed E-state index contributed by atoms with van der Waals surface area (Å²) < 4.78 is 2.16. The molecular weight excluding hydrogens is 248 g/mol. The van der Waals surface area contributed by atoms with Gasteiger partial charge in [0.05, 0.1) is 5.52 Å². The molecule has 3 rings (SSSR count). The first-order valence-corrected chi connectivity index (χ1v) is 6.82. The number of fused-ring (bicyclic) bond motifs is 1. The average Bonchev–Trinajstić information content (AvgIpc) is 2.86. The van der Waals surface area contributed by atoms with Crippen LogP contribution in [0.3, 0.4) is 0 Å². The number of hydrogen-bond acceptors (Lipinski definition) is 3. The van der Waals surface area contributed by atoms with Crippen molar-refractivity contribution in [2.45, 2.75) is 25.9 Å². The third kappa shape index (κ3) is 2.56. The maximum Gasteiger partial charge on any atom is 0.110 e. The Morgan fingerprint density at radius 2 is 2.00 bits per heavy atom. The number of imidazole rings is 1. The lowest BCUT2D eigenvalue weighted by Crippen LogP contribution is -2.20. The van der Waals surface area contributed by atoms with Crippen molar-refractivity contribution in [1.29, 1.82) is 0 Å². The minimum absolute atomic E-state index is 0.116. The number of aromatic nitrogens is 3. The largest absolute Gasteiger partial charge is 0.330 e. The van der Waals surface area contributed by atoms with Crippen LogP contribution < -0.4 is 5.73 Å². The quantitative estimate of drug-likeness (QED) is 0.788. The molecule has 0 saturated carbocycles. The zero-order chi connectivity index (χ0) is 13.9. The Hall–Kier alpha value is -2.20. The highest BCUT2D eigenvalue weighted by Gasteiger charge is 2.08. The van der Waals surface area contributed by atoms with E-state index in [4.69, 9.17) is 5.73 Å². The van der Waals surface area contributed by atoms with Gasteiger partial charge in [0, 0.05) is 43.0 Å². The summed E-state index contributed by atoms with van der Waals surface area (Å²) in [5.41, 5.74) is 8.15. The van der Waals surface area contributed by atoms with Crippen molar-refractivity contribution in [3.05, 3.63) is 60.3 Å². The van der Waals surface area contributed by atoms with Crippen LogP contribution in [0.1, 0.15) is 18.3 Å². The van der Waals surface area contributed by atoms with Crippen molar-refractivity contribution in [3.8, 4) is 0 Å². The highest BCUT2D eigenvalue weighted by Crippen LogP contribution is 2.18. The number of pyridine rings is 1. The molecule has 2 aromatic heterocycles. The molecule has 2 N–H and O–H groups in total. The Kier molecular flexibility index (Phi) is 3.48. The van der Waals surface area contributed by atoms with Gasteiger partial charge in [-0.05, 0) is 24.6 Å². The van der Waals surface area contributed by atoms with Crippen molar-refractivity contribution in [2.24, 2.45) is 5.73 Å². The standard InChI is InChI=1S/C16H18N4/c1-12(17)10-16-19-8-9-20(16)11-13-6-7-18-15-5-3-2-4-14(13)15/h2-9,12H,10-11,17H2,1H3. The van der Waals surface area contributed by atoms with Crippen molar-refractivity contribution >= 4 is 10.9 Å². The Morgan fingerprint density at radius 3 is 2.85 bits per heavy atom. The van der Waals surface area contributed by atoms with Crippen molar-refractivity contribution in [1.82, 2.24) is 14.5 Å². The Balaban J connectivity index is 1.96. The molecular formula is C16H18N4. The van der Waals surface area contributed by atoms with Gasteiger partial charge in [-0.1, -0.05) is 18.2 Å². The van der Waals surface area contributed by atoms with Gasteiger partial charge in [-0.2, -0.15) is 0 Å². The second-order valence-electron chi connectivity index (χ2n) is 5.14. The third-order valence-corrected chi connectivity index (χ3v) is 3.39. The van der Waals surface area contributed by atoms with Crippen LogP contribution in [0.5, 0.6) is 0 Å². The molecule has 2 heterocycles. The molecule has 0 radical (unpaired) electrons. The van der Waals surface area contributed by atoms with Crippen LogP contribution in [0.2, 0.25) is 0 Å². The van der Waals surface area contributed by atoms with E-state index in [1.165, 1.54) is 10.9 Å². The Morgan fingerprint density at radius 1 is 1.15 bits per heavy atom. The maximum absolute atomic E-state index is 5.87. The van der Waals surface area contributed by atoms with E-state index < -0.39 is 0 Å². The molecule has 0 bridgehead atoms. The lowest BCUT2D eigenvalue weighted by molar-refractivity contribution is 0.649. The minimum atomic E-state index is 0.116. The topological polar surface area (TPSA) is 56.7 Å². The van der Waals surface area contributed by atoms with Crippen molar-refractivity contribution in [3.63, 3.8) is 0 Å². The fourth-order valence-corrected chi connectivity index (χ4v) is 2.44. The van der Waals surface area contributed by atoms with E-state index in [0.717, 1.165) is 24.3 Å². The number of para-hydroxylation sites is 1.